The summed E-state index contributed by atoms with van der Waals surface area (Å²) in [6.45, 7) is 1.73. The summed E-state index contributed by atoms with van der Waals surface area (Å²) in [6.07, 6.45) is 9.61. The van der Waals surface area contributed by atoms with Crippen molar-refractivity contribution in [1.29, 1.82) is 0 Å². The third-order valence-electron chi connectivity index (χ3n) is 5.72. The largest absolute Gasteiger partial charge is 0.343 e. The van der Waals surface area contributed by atoms with E-state index in [1.54, 1.807) is 10.7 Å². The normalized spacial score (nSPS) is 23.0. The molecule has 3 aliphatic rings. The number of hydrogen-bond acceptors (Lipinski definition) is 5. The molecule has 25 heavy (non-hydrogen) atoms. The van der Waals surface area contributed by atoms with Crippen LogP contribution in [0.3, 0.4) is 0 Å². The van der Waals surface area contributed by atoms with Gasteiger partial charge in [0.1, 0.15) is 0 Å². The quantitative estimate of drug-likeness (QED) is 0.845. The summed E-state index contributed by atoms with van der Waals surface area (Å²) in [4.78, 5) is 21.1. The van der Waals surface area contributed by atoms with Crippen molar-refractivity contribution in [1.82, 2.24) is 14.8 Å². The second-order valence-corrected chi connectivity index (χ2v) is 8.68. The lowest BCUT2D eigenvalue weighted by Crippen LogP contribution is -2.37. The van der Waals surface area contributed by atoms with Crippen molar-refractivity contribution < 1.29 is 0 Å². The lowest BCUT2D eigenvalue weighted by molar-refractivity contribution is 0.482. The molecule has 2 fully saturated rings. The molecule has 5 nitrogen and oxygen atoms in total. The Bertz CT molecular complexity index is 815. The third kappa shape index (κ3) is 3.01. The van der Waals surface area contributed by atoms with Crippen LogP contribution in [0.4, 0.5) is 5.13 Å². The van der Waals surface area contributed by atoms with Crippen molar-refractivity contribution >= 4 is 16.5 Å². The number of fused-ring (bicyclic) bond motifs is 1. The molecule has 1 unspecified atom stereocenters. The van der Waals surface area contributed by atoms with Crippen molar-refractivity contribution in [3.63, 3.8) is 0 Å². The molecule has 1 saturated heterocycles. The average molecular weight is 356 g/mol. The molecule has 0 aromatic carbocycles. The Morgan fingerprint density at radius 1 is 1.12 bits per heavy atom. The van der Waals surface area contributed by atoms with Crippen LogP contribution in [-0.4, -0.2) is 27.4 Å². The molecule has 0 radical (unpaired) electrons. The number of hydrogen-bond donors (Lipinski definition) is 0. The minimum absolute atomic E-state index is 0.0229. The Kier molecular flexibility index (Phi) is 3.88. The van der Waals surface area contributed by atoms with Crippen LogP contribution in [0, 0.1) is 0 Å². The summed E-state index contributed by atoms with van der Waals surface area (Å²) in [5.41, 5.74) is 2.44. The van der Waals surface area contributed by atoms with Crippen molar-refractivity contribution in [2.45, 2.75) is 69.9 Å². The Labute approximate surface area is 151 Å². The molecule has 1 atom stereocenters. The zero-order chi connectivity index (χ0) is 16.8. The fourth-order valence-corrected chi connectivity index (χ4v) is 5.38. The van der Waals surface area contributed by atoms with Gasteiger partial charge >= 0.3 is 0 Å². The smallest absolute Gasteiger partial charge is 0.266 e. The fraction of sp³-hybridized carbons (Fsp3) is 0.632. The average Bonchev–Trinajstić information content (AvgIpc) is 3.22. The molecule has 0 amide bonds. The minimum Gasteiger partial charge on any atom is -0.343 e. The molecule has 5 rings (SSSR count). The second-order valence-electron chi connectivity index (χ2n) is 7.62. The van der Waals surface area contributed by atoms with Gasteiger partial charge in [-0.05, 0) is 57.4 Å². The summed E-state index contributed by atoms with van der Waals surface area (Å²) < 4.78 is 1.70. The summed E-state index contributed by atoms with van der Waals surface area (Å²) in [5.74, 6) is 0.581. The number of rotatable bonds is 4. The molecular formula is C19H24N4OS. The number of anilines is 1. The maximum Gasteiger partial charge on any atom is 0.266 e. The molecule has 0 bridgehead atoms. The summed E-state index contributed by atoms with van der Waals surface area (Å²) in [6, 6.07) is 3.95. The van der Waals surface area contributed by atoms with Gasteiger partial charge in [-0.1, -0.05) is 0 Å². The molecule has 2 aromatic rings. The maximum atomic E-state index is 12.3. The first-order chi connectivity index (χ1) is 12.3. The van der Waals surface area contributed by atoms with Crippen molar-refractivity contribution in [3.05, 3.63) is 38.8 Å². The van der Waals surface area contributed by atoms with Crippen LogP contribution in [-0.2, 0) is 19.4 Å². The topological polar surface area (TPSA) is 51.0 Å². The van der Waals surface area contributed by atoms with E-state index in [0.717, 1.165) is 25.1 Å². The Morgan fingerprint density at radius 3 is 2.84 bits per heavy atom. The number of nitrogens with zero attached hydrogens (tertiary/aromatic N) is 4. The van der Waals surface area contributed by atoms with E-state index >= 15 is 0 Å². The van der Waals surface area contributed by atoms with Crippen LogP contribution in [0.1, 0.15) is 60.7 Å². The Morgan fingerprint density at radius 2 is 2.00 bits per heavy atom. The summed E-state index contributed by atoms with van der Waals surface area (Å²) in [7, 11) is 0. The van der Waals surface area contributed by atoms with Crippen molar-refractivity contribution in [2.24, 2.45) is 0 Å². The lowest BCUT2D eigenvalue weighted by atomic mass is 10.0. The highest BCUT2D eigenvalue weighted by atomic mass is 32.1. The number of aromatic nitrogens is 3. The van der Waals surface area contributed by atoms with Gasteiger partial charge in [0.25, 0.3) is 5.56 Å². The van der Waals surface area contributed by atoms with E-state index in [2.05, 4.69) is 10.00 Å². The highest BCUT2D eigenvalue weighted by Crippen LogP contribution is 2.38. The van der Waals surface area contributed by atoms with E-state index in [0.29, 0.717) is 18.5 Å². The van der Waals surface area contributed by atoms with Crippen molar-refractivity contribution in [2.75, 3.05) is 11.4 Å². The van der Waals surface area contributed by atoms with Gasteiger partial charge in [-0.2, -0.15) is 5.10 Å². The summed E-state index contributed by atoms with van der Waals surface area (Å²) in [5, 5.41) is 5.82. The Hall–Kier alpha value is -1.69. The van der Waals surface area contributed by atoms with E-state index in [4.69, 9.17) is 4.98 Å². The first-order valence-corrected chi connectivity index (χ1v) is 10.4. The van der Waals surface area contributed by atoms with E-state index < -0.39 is 0 Å². The predicted molar refractivity (Wildman–Crippen MR) is 99.6 cm³/mol. The summed E-state index contributed by atoms with van der Waals surface area (Å²) >= 11 is 1.88. The molecule has 132 valence electrons. The van der Waals surface area contributed by atoms with Crippen molar-refractivity contribution in [3.8, 4) is 0 Å². The van der Waals surface area contributed by atoms with Gasteiger partial charge in [0, 0.05) is 23.4 Å². The molecule has 0 spiro atoms. The molecule has 3 heterocycles. The number of aryl methyl sites for hydroxylation is 2. The number of thiazole rings is 1. The molecule has 0 N–H and O–H groups in total. The van der Waals surface area contributed by atoms with Crippen LogP contribution in [0.2, 0.25) is 0 Å². The highest BCUT2D eigenvalue weighted by molar-refractivity contribution is 7.15. The molecule has 2 aliphatic carbocycles. The van der Waals surface area contributed by atoms with Gasteiger partial charge in [-0.25, -0.2) is 9.67 Å². The lowest BCUT2D eigenvalue weighted by Gasteiger charge is -2.24. The molecule has 2 aromatic heterocycles. The van der Waals surface area contributed by atoms with E-state index in [9.17, 15) is 4.79 Å². The maximum absolute atomic E-state index is 12.3. The molecule has 1 aliphatic heterocycles. The van der Waals surface area contributed by atoms with Crippen LogP contribution in [0.15, 0.2) is 16.9 Å². The van der Waals surface area contributed by atoms with Crippen LogP contribution >= 0.6 is 11.3 Å². The molecule has 6 heteroatoms. The fourth-order valence-electron chi connectivity index (χ4n) is 4.13. The Balaban J connectivity index is 1.39. The zero-order valence-corrected chi connectivity index (χ0v) is 15.3. The minimum atomic E-state index is 0.0229. The van der Waals surface area contributed by atoms with Gasteiger partial charge in [-0.3, -0.25) is 4.79 Å². The third-order valence-corrected chi connectivity index (χ3v) is 6.92. The van der Waals surface area contributed by atoms with Gasteiger partial charge < -0.3 is 4.90 Å². The predicted octanol–water partition coefficient (Wildman–Crippen LogP) is 3.13. The first kappa shape index (κ1) is 15.6. The van der Waals surface area contributed by atoms with Crippen LogP contribution in [0.5, 0.6) is 0 Å². The van der Waals surface area contributed by atoms with Gasteiger partial charge in [0.15, 0.2) is 5.13 Å². The van der Waals surface area contributed by atoms with Gasteiger partial charge in [0.05, 0.1) is 24.0 Å². The van der Waals surface area contributed by atoms with Crippen LogP contribution in [0.25, 0.3) is 0 Å². The molecule has 1 saturated carbocycles. The zero-order valence-electron chi connectivity index (χ0n) is 14.5. The van der Waals surface area contributed by atoms with E-state index in [-0.39, 0.29) is 5.56 Å². The highest BCUT2D eigenvalue weighted by Gasteiger charge is 2.30. The first-order valence-electron chi connectivity index (χ1n) is 9.61. The second kappa shape index (κ2) is 6.24. The monoisotopic (exact) mass is 356 g/mol. The van der Waals surface area contributed by atoms with E-state index in [1.807, 2.05) is 17.4 Å². The van der Waals surface area contributed by atoms with Gasteiger partial charge in [0.2, 0.25) is 0 Å². The van der Waals surface area contributed by atoms with Gasteiger partial charge in [-0.15, -0.1) is 11.3 Å². The molecular weight excluding hydrogens is 332 g/mol. The standard InChI is InChI=1S/C19H24N4OS/c24-18-10-9-15(13-7-8-13)21-23(18)12-14-4-3-11-22(14)19-20-16-5-1-2-6-17(16)25-19/h9-10,13-14H,1-8,11-12H2. The van der Waals surface area contributed by atoms with E-state index in [1.165, 1.54) is 54.2 Å². The SMILES string of the molecule is O=c1ccc(C2CC2)nn1CC1CCCN1c1nc2c(s1)CCCC2. The van der Waals surface area contributed by atoms with Crippen LogP contribution < -0.4 is 10.5 Å².